The molecule has 0 fully saturated rings. The third-order valence-corrected chi connectivity index (χ3v) is 2.79. The molecule has 0 saturated carbocycles. The topological polar surface area (TPSA) is 45.5 Å². The van der Waals surface area contributed by atoms with Gasteiger partial charge in [-0.3, -0.25) is 4.98 Å². The minimum atomic E-state index is 0.172. The highest BCUT2D eigenvalue weighted by atomic mass is 16.4. The second-order valence-electron chi connectivity index (χ2n) is 3.85. The first kappa shape index (κ1) is 11.3. The number of hydrogen-bond donors (Lipinski definition) is 1. The first-order chi connectivity index (χ1) is 8.33. The van der Waals surface area contributed by atoms with Crippen molar-refractivity contribution >= 4 is 6.21 Å². The van der Waals surface area contributed by atoms with Gasteiger partial charge >= 0.3 is 0 Å². The highest BCUT2D eigenvalue weighted by Gasteiger charge is 2.12. The molecule has 2 rings (SSSR count). The molecule has 0 bridgehead atoms. The Morgan fingerprint density at radius 3 is 2.65 bits per heavy atom. The van der Waals surface area contributed by atoms with Crippen LogP contribution in [0.4, 0.5) is 0 Å². The van der Waals surface area contributed by atoms with Crippen molar-refractivity contribution < 1.29 is 5.21 Å². The van der Waals surface area contributed by atoms with Crippen LogP contribution in [-0.4, -0.2) is 16.4 Å². The lowest BCUT2D eigenvalue weighted by molar-refractivity contribution is 0.322. The van der Waals surface area contributed by atoms with Gasteiger partial charge in [-0.1, -0.05) is 42.4 Å². The van der Waals surface area contributed by atoms with Crippen LogP contribution in [0.1, 0.15) is 29.7 Å². The molecule has 0 spiro atoms. The molecule has 1 atom stereocenters. The SMILES string of the molecule is CC(c1ccccn1)c1ccccc1/C=N\O. The van der Waals surface area contributed by atoms with Crippen molar-refractivity contribution in [2.45, 2.75) is 12.8 Å². The lowest BCUT2D eigenvalue weighted by atomic mass is 9.93. The average Bonchev–Trinajstić information content (AvgIpc) is 2.40. The summed E-state index contributed by atoms with van der Waals surface area (Å²) in [5.74, 6) is 0.172. The summed E-state index contributed by atoms with van der Waals surface area (Å²) in [5, 5.41) is 11.7. The molecular formula is C14H14N2O. The van der Waals surface area contributed by atoms with Gasteiger partial charge in [0.05, 0.1) is 6.21 Å². The van der Waals surface area contributed by atoms with E-state index in [2.05, 4.69) is 17.1 Å². The molecule has 1 N–H and O–H groups in total. The Kier molecular flexibility index (Phi) is 3.50. The number of rotatable bonds is 3. The van der Waals surface area contributed by atoms with Gasteiger partial charge in [-0.05, 0) is 23.3 Å². The van der Waals surface area contributed by atoms with E-state index in [0.717, 1.165) is 16.8 Å². The lowest BCUT2D eigenvalue weighted by Gasteiger charge is -2.13. The number of pyridine rings is 1. The van der Waals surface area contributed by atoms with Crippen LogP contribution in [0.3, 0.4) is 0 Å². The molecule has 86 valence electrons. The second-order valence-corrected chi connectivity index (χ2v) is 3.85. The van der Waals surface area contributed by atoms with Gasteiger partial charge in [-0.25, -0.2) is 0 Å². The monoisotopic (exact) mass is 226 g/mol. The van der Waals surface area contributed by atoms with Crippen molar-refractivity contribution in [3.8, 4) is 0 Å². The van der Waals surface area contributed by atoms with Gasteiger partial charge in [0.25, 0.3) is 0 Å². The van der Waals surface area contributed by atoms with Gasteiger partial charge in [0.1, 0.15) is 0 Å². The van der Waals surface area contributed by atoms with Crippen molar-refractivity contribution in [1.82, 2.24) is 4.98 Å². The van der Waals surface area contributed by atoms with Crippen molar-refractivity contribution in [2.24, 2.45) is 5.16 Å². The number of oxime groups is 1. The molecule has 2 aromatic rings. The van der Waals surface area contributed by atoms with Gasteiger partial charge < -0.3 is 5.21 Å². The molecule has 3 heteroatoms. The maximum Gasteiger partial charge on any atom is 0.0736 e. The summed E-state index contributed by atoms with van der Waals surface area (Å²) in [4.78, 5) is 4.35. The molecule has 3 nitrogen and oxygen atoms in total. The normalized spacial score (nSPS) is 12.8. The van der Waals surface area contributed by atoms with E-state index in [9.17, 15) is 0 Å². The fraction of sp³-hybridized carbons (Fsp3) is 0.143. The standard InChI is InChI=1S/C14H14N2O/c1-11(14-8-4-5-9-15-14)13-7-3-2-6-12(13)10-16-17/h2-11,17H,1H3/b16-10-. The fourth-order valence-corrected chi connectivity index (χ4v) is 1.88. The van der Waals surface area contributed by atoms with E-state index in [1.807, 2.05) is 42.5 Å². The van der Waals surface area contributed by atoms with Crippen LogP contribution in [0.15, 0.2) is 53.8 Å². The van der Waals surface area contributed by atoms with Crippen LogP contribution in [0.25, 0.3) is 0 Å². The molecule has 0 aliphatic carbocycles. The molecule has 1 heterocycles. The van der Waals surface area contributed by atoms with Crippen LogP contribution >= 0.6 is 0 Å². The van der Waals surface area contributed by atoms with Crippen LogP contribution in [0.5, 0.6) is 0 Å². The third-order valence-electron chi connectivity index (χ3n) is 2.79. The smallest absolute Gasteiger partial charge is 0.0736 e. The number of nitrogens with zero attached hydrogens (tertiary/aromatic N) is 2. The number of aromatic nitrogens is 1. The van der Waals surface area contributed by atoms with Gasteiger partial charge in [-0.15, -0.1) is 0 Å². The second kappa shape index (κ2) is 5.25. The summed E-state index contributed by atoms with van der Waals surface area (Å²) >= 11 is 0. The molecule has 0 amide bonds. The first-order valence-electron chi connectivity index (χ1n) is 5.50. The van der Waals surface area contributed by atoms with Crippen LogP contribution in [0, 0.1) is 0 Å². The molecule has 17 heavy (non-hydrogen) atoms. The molecule has 0 radical (unpaired) electrons. The van der Waals surface area contributed by atoms with Crippen molar-refractivity contribution in [3.05, 3.63) is 65.5 Å². The zero-order chi connectivity index (χ0) is 12.1. The third kappa shape index (κ3) is 2.50. The summed E-state index contributed by atoms with van der Waals surface area (Å²) < 4.78 is 0. The van der Waals surface area contributed by atoms with E-state index in [1.165, 1.54) is 6.21 Å². The molecule has 1 aromatic heterocycles. The van der Waals surface area contributed by atoms with Crippen molar-refractivity contribution in [1.29, 1.82) is 0 Å². The maximum absolute atomic E-state index is 8.65. The molecular weight excluding hydrogens is 212 g/mol. The van der Waals surface area contributed by atoms with E-state index < -0.39 is 0 Å². The quantitative estimate of drug-likeness (QED) is 0.496. The largest absolute Gasteiger partial charge is 0.411 e. The Hall–Kier alpha value is -2.16. The Labute approximate surface area is 100 Å². The molecule has 0 saturated heterocycles. The van der Waals surface area contributed by atoms with Crippen LogP contribution in [0.2, 0.25) is 0 Å². The Morgan fingerprint density at radius 1 is 1.18 bits per heavy atom. The van der Waals surface area contributed by atoms with E-state index >= 15 is 0 Å². The zero-order valence-corrected chi connectivity index (χ0v) is 9.62. The van der Waals surface area contributed by atoms with E-state index in [4.69, 9.17) is 5.21 Å². The molecule has 1 aromatic carbocycles. The fourth-order valence-electron chi connectivity index (χ4n) is 1.88. The predicted octanol–water partition coefficient (Wildman–Crippen LogP) is 3.04. The maximum atomic E-state index is 8.65. The summed E-state index contributed by atoms with van der Waals surface area (Å²) in [6, 6.07) is 13.7. The van der Waals surface area contributed by atoms with E-state index in [-0.39, 0.29) is 5.92 Å². The Morgan fingerprint density at radius 2 is 1.94 bits per heavy atom. The van der Waals surface area contributed by atoms with Gasteiger partial charge in [0.15, 0.2) is 0 Å². The van der Waals surface area contributed by atoms with Crippen LogP contribution < -0.4 is 0 Å². The van der Waals surface area contributed by atoms with Gasteiger partial charge in [0.2, 0.25) is 0 Å². The van der Waals surface area contributed by atoms with Gasteiger partial charge in [0, 0.05) is 17.8 Å². The molecule has 0 aliphatic heterocycles. The Bertz CT molecular complexity index is 509. The van der Waals surface area contributed by atoms with Crippen LogP contribution in [-0.2, 0) is 0 Å². The van der Waals surface area contributed by atoms with Crippen molar-refractivity contribution in [2.75, 3.05) is 0 Å². The predicted molar refractivity (Wildman–Crippen MR) is 67.6 cm³/mol. The summed E-state index contributed by atoms with van der Waals surface area (Å²) in [7, 11) is 0. The lowest BCUT2D eigenvalue weighted by Crippen LogP contribution is -2.02. The highest BCUT2D eigenvalue weighted by molar-refractivity contribution is 5.81. The molecule has 1 unspecified atom stereocenters. The van der Waals surface area contributed by atoms with E-state index in [0.29, 0.717) is 0 Å². The summed E-state index contributed by atoms with van der Waals surface area (Å²) in [5.41, 5.74) is 3.02. The first-order valence-corrected chi connectivity index (χ1v) is 5.50. The Balaban J connectivity index is 2.40. The van der Waals surface area contributed by atoms with E-state index in [1.54, 1.807) is 6.20 Å². The minimum Gasteiger partial charge on any atom is -0.411 e. The summed E-state index contributed by atoms with van der Waals surface area (Å²) in [6.45, 7) is 2.09. The van der Waals surface area contributed by atoms with Crippen molar-refractivity contribution in [3.63, 3.8) is 0 Å². The minimum absolute atomic E-state index is 0.172. The van der Waals surface area contributed by atoms with Gasteiger partial charge in [-0.2, -0.15) is 0 Å². The number of hydrogen-bond acceptors (Lipinski definition) is 3. The zero-order valence-electron chi connectivity index (χ0n) is 9.62. The molecule has 0 aliphatic rings. The summed E-state index contributed by atoms with van der Waals surface area (Å²) in [6.07, 6.45) is 3.24. The highest BCUT2D eigenvalue weighted by Crippen LogP contribution is 2.24. The average molecular weight is 226 g/mol. The number of benzene rings is 1.